The molecule has 0 amide bonds. The summed E-state index contributed by atoms with van der Waals surface area (Å²) in [5, 5.41) is 0. The van der Waals surface area contributed by atoms with Crippen molar-refractivity contribution in [2.24, 2.45) is 11.7 Å². The summed E-state index contributed by atoms with van der Waals surface area (Å²) in [6.45, 7) is 3.78. The molecule has 0 aromatic rings. The van der Waals surface area contributed by atoms with E-state index in [-0.39, 0.29) is 0 Å². The Balaban J connectivity index is 2.22. The molecule has 1 rings (SSSR count). The third kappa shape index (κ3) is 1.20. The van der Waals surface area contributed by atoms with E-state index in [9.17, 15) is 0 Å². The third-order valence-corrected chi connectivity index (χ3v) is 1.54. The maximum absolute atomic E-state index is 5.37. The highest BCUT2D eigenvalue weighted by atomic mass is 16.5. The smallest absolute Gasteiger partial charge is 0.0700 e. The fourth-order valence-corrected chi connectivity index (χ4v) is 1.05. The minimum Gasteiger partial charge on any atom is -0.377 e. The first-order valence-electron chi connectivity index (χ1n) is 3.14. The van der Waals surface area contributed by atoms with Gasteiger partial charge in [0.2, 0.25) is 0 Å². The van der Waals surface area contributed by atoms with Gasteiger partial charge in [-0.1, -0.05) is 6.92 Å². The lowest BCUT2D eigenvalue weighted by atomic mass is 10.1. The van der Waals surface area contributed by atoms with Gasteiger partial charge in [-0.3, -0.25) is 0 Å². The lowest BCUT2D eigenvalue weighted by Crippen LogP contribution is -2.18. The van der Waals surface area contributed by atoms with E-state index in [1.54, 1.807) is 0 Å². The molecule has 2 nitrogen and oxygen atoms in total. The van der Waals surface area contributed by atoms with Gasteiger partial charge in [0, 0.05) is 13.2 Å². The Kier molecular flexibility index (Phi) is 1.86. The van der Waals surface area contributed by atoms with Gasteiger partial charge in [-0.05, 0) is 12.3 Å². The highest BCUT2D eigenvalue weighted by Crippen LogP contribution is 2.16. The maximum Gasteiger partial charge on any atom is 0.0700 e. The second-order valence-corrected chi connectivity index (χ2v) is 2.53. The average molecular weight is 115 g/mol. The van der Waals surface area contributed by atoms with Crippen LogP contribution < -0.4 is 5.73 Å². The van der Waals surface area contributed by atoms with E-state index < -0.39 is 0 Å². The molecule has 2 unspecified atom stereocenters. The van der Waals surface area contributed by atoms with Crippen LogP contribution in [0.5, 0.6) is 0 Å². The topological polar surface area (TPSA) is 35.2 Å². The molecule has 0 saturated carbocycles. The fourth-order valence-electron chi connectivity index (χ4n) is 1.05. The van der Waals surface area contributed by atoms with Crippen molar-refractivity contribution in [3.05, 3.63) is 0 Å². The molecule has 1 saturated heterocycles. The normalized spacial score (nSPS) is 38.2. The van der Waals surface area contributed by atoms with E-state index in [1.165, 1.54) is 0 Å². The van der Waals surface area contributed by atoms with Crippen molar-refractivity contribution in [1.29, 1.82) is 0 Å². The average Bonchev–Trinajstić information content (AvgIpc) is 2.14. The SMILES string of the molecule is CC1COC(CN)C1. The lowest BCUT2D eigenvalue weighted by molar-refractivity contribution is 0.113. The molecule has 8 heavy (non-hydrogen) atoms. The molecular weight excluding hydrogens is 102 g/mol. The number of nitrogens with two attached hydrogens (primary N) is 1. The van der Waals surface area contributed by atoms with Gasteiger partial charge in [-0.25, -0.2) is 0 Å². The van der Waals surface area contributed by atoms with Gasteiger partial charge < -0.3 is 10.5 Å². The Hall–Kier alpha value is -0.0800. The summed E-state index contributed by atoms with van der Waals surface area (Å²) in [5.41, 5.74) is 5.37. The lowest BCUT2D eigenvalue weighted by Gasteiger charge is -2.01. The van der Waals surface area contributed by atoms with Crippen LogP contribution in [0, 0.1) is 5.92 Å². The molecule has 0 spiro atoms. The van der Waals surface area contributed by atoms with Crippen LogP contribution in [0.15, 0.2) is 0 Å². The van der Waals surface area contributed by atoms with E-state index >= 15 is 0 Å². The molecule has 0 aliphatic carbocycles. The summed E-state index contributed by atoms with van der Waals surface area (Å²) >= 11 is 0. The summed E-state index contributed by atoms with van der Waals surface area (Å²) in [5.74, 6) is 0.726. The van der Waals surface area contributed by atoms with Gasteiger partial charge in [0.05, 0.1) is 6.10 Å². The molecule has 1 fully saturated rings. The third-order valence-electron chi connectivity index (χ3n) is 1.54. The molecule has 2 N–H and O–H groups in total. The zero-order valence-electron chi connectivity index (χ0n) is 5.26. The van der Waals surface area contributed by atoms with Crippen molar-refractivity contribution in [1.82, 2.24) is 0 Å². The van der Waals surface area contributed by atoms with Crippen LogP contribution in [0.4, 0.5) is 0 Å². The van der Waals surface area contributed by atoms with Crippen LogP contribution in [-0.4, -0.2) is 19.3 Å². The molecule has 0 radical (unpaired) electrons. The largest absolute Gasteiger partial charge is 0.377 e. The minimum absolute atomic E-state index is 0.352. The van der Waals surface area contributed by atoms with Crippen molar-refractivity contribution < 1.29 is 4.74 Å². The second-order valence-electron chi connectivity index (χ2n) is 2.53. The Morgan fingerprint density at radius 3 is 2.75 bits per heavy atom. The monoisotopic (exact) mass is 115 g/mol. The first-order chi connectivity index (χ1) is 3.83. The van der Waals surface area contributed by atoms with Crippen LogP contribution in [0.2, 0.25) is 0 Å². The number of ether oxygens (including phenoxy) is 1. The Morgan fingerprint density at radius 1 is 1.75 bits per heavy atom. The van der Waals surface area contributed by atoms with E-state index in [4.69, 9.17) is 10.5 Å². The molecule has 1 aliphatic heterocycles. The van der Waals surface area contributed by atoms with Crippen LogP contribution >= 0.6 is 0 Å². The molecule has 2 heteroatoms. The van der Waals surface area contributed by atoms with Gasteiger partial charge >= 0.3 is 0 Å². The van der Waals surface area contributed by atoms with Gasteiger partial charge in [0.15, 0.2) is 0 Å². The van der Waals surface area contributed by atoms with Crippen molar-refractivity contribution in [3.63, 3.8) is 0 Å². The zero-order chi connectivity index (χ0) is 5.98. The van der Waals surface area contributed by atoms with Gasteiger partial charge in [-0.2, -0.15) is 0 Å². The summed E-state index contributed by atoms with van der Waals surface area (Å²) < 4.78 is 5.29. The van der Waals surface area contributed by atoms with E-state index in [0.717, 1.165) is 18.9 Å². The Morgan fingerprint density at radius 2 is 2.50 bits per heavy atom. The molecule has 0 aromatic carbocycles. The highest BCUT2D eigenvalue weighted by molar-refractivity contribution is 4.70. The van der Waals surface area contributed by atoms with Crippen molar-refractivity contribution >= 4 is 0 Å². The Labute approximate surface area is 50.0 Å². The predicted octanol–water partition coefficient (Wildman–Crippen LogP) is 0.370. The quantitative estimate of drug-likeness (QED) is 0.536. The first-order valence-corrected chi connectivity index (χ1v) is 3.14. The highest BCUT2D eigenvalue weighted by Gasteiger charge is 2.19. The second kappa shape index (κ2) is 2.46. The van der Waals surface area contributed by atoms with Crippen molar-refractivity contribution in [2.45, 2.75) is 19.4 Å². The molecule has 0 bridgehead atoms. The standard InChI is InChI=1S/C6H13NO/c1-5-2-6(3-7)8-4-5/h5-6H,2-4,7H2,1H3. The Bertz CT molecular complexity index is 74.9. The summed E-state index contributed by atoms with van der Waals surface area (Å²) in [7, 11) is 0. The predicted molar refractivity (Wildman–Crippen MR) is 32.6 cm³/mol. The van der Waals surface area contributed by atoms with Crippen molar-refractivity contribution in [2.75, 3.05) is 13.2 Å². The van der Waals surface area contributed by atoms with E-state index in [2.05, 4.69) is 6.92 Å². The van der Waals surface area contributed by atoms with Crippen molar-refractivity contribution in [3.8, 4) is 0 Å². The summed E-state index contributed by atoms with van der Waals surface area (Å²) in [4.78, 5) is 0. The maximum atomic E-state index is 5.37. The van der Waals surface area contributed by atoms with Gasteiger partial charge in [-0.15, -0.1) is 0 Å². The van der Waals surface area contributed by atoms with E-state index in [1.807, 2.05) is 0 Å². The first kappa shape index (κ1) is 6.05. The zero-order valence-corrected chi connectivity index (χ0v) is 5.26. The number of hydrogen-bond acceptors (Lipinski definition) is 2. The molecule has 1 aliphatic rings. The van der Waals surface area contributed by atoms with Gasteiger partial charge in [0.25, 0.3) is 0 Å². The van der Waals surface area contributed by atoms with Crippen LogP contribution in [0.25, 0.3) is 0 Å². The van der Waals surface area contributed by atoms with Crippen LogP contribution in [0.1, 0.15) is 13.3 Å². The fraction of sp³-hybridized carbons (Fsp3) is 1.00. The minimum atomic E-state index is 0.352. The molecule has 48 valence electrons. The van der Waals surface area contributed by atoms with Crippen LogP contribution in [-0.2, 0) is 4.74 Å². The molecular formula is C6H13NO. The number of hydrogen-bond donors (Lipinski definition) is 1. The molecule has 0 aromatic heterocycles. The van der Waals surface area contributed by atoms with E-state index in [0.29, 0.717) is 12.6 Å². The molecule has 1 heterocycles. The molecule has 2 atom stereocenters. The van der Waals surface area contributed by atoms with Gasteiger partial charge in [0.1, 0.15) is 0 Å². The summed E-state index contributed by atoms with van der Waals surface area (Å²) in [6, 6.07) is 0. The summed E-state index contributed by atoms with van der Waals surface area (Å²) in [6.07, 6.45) is 1.50. The van der Waals surface area contributed by atoms with Crippen LogP contribution in [0.3, 0.4) is 0 Å². The number of rotatable bonds is 1.